The number of hydrogen-bond acceptors (Lipinski definition) is 2. The molecule has 0 aromatic heterocycles. The maximum Gasteiger partial charge on any atom is 0.0340 e. The molecule has 0 atom stereocenters. The summed E-state index contributed by atoms with van der Waals surface area (Å²) in [4.78, 5) is 0. The molecule has 0 aliphatic heterocycles. The van der Waals surface area contributed by atoms with Crippen LogP contribution in [-0.4, -0.2) is 14.1 Å². The van der Waals surface area contributed by atoms with Gasteiger partial charge in [0.05, 0.1) is 0 Å². The molecule has 3 rings (SSSR count). The quantitative estimate of drug-likeness (QED) is 0.870. The second-order valence-electron chi connectivity index (χ2n) is 4.81. The number of anilines is 2. The monoisotopic (exact) mass is 266 g/mol. The highest BCUT2D eigenvalue weighted by Crippen LogP contribution is 2.25. The Labute approximate surface area is 121 Å². The number of rotatable bonds is 3. The van der Waals surface area contributed by atoms with E-state index < -0.39 is 0 Å². The van der Waals surface area contributed by atoms with Gasteiger partial charge >= 0.3 is 0 Å². The van der Waals surface area contributed by atoms with Crippen molar-refractivity contribution in [1.82, 2.24) is 0 Å². The second-order valence-corrected chi connectivity index (χ2v) is 4.81. The van der Waals surface area contributed by atoms with Gasteiger partial charge in [-0.15, -0.1) is 0 Å². The van der Waals surface area contributed by atoms with E-state index in [1.807, 2.05) is 44.4 Å². The fourth-order valence-corrected chi connectivity index (χ4v) is 2.14. The van der Waals surface area contributed by atoms with Crippen molar-refractivity contribution in [2.75, 3.05) is 24.7 Å². The molecule has 2 heteroatoms. The van der Waals surface area contributed by atoms with Gasteiger partial charge in [-0.3, -0.25) is 0 Å². The summed E-state index contributed by atoms with van der Waals surface area (Å²) in [6.07, 6.45) is 4.38. The van der Waals surface area contributed by atoms with Crippen molar-refractivity contribution in [3.63, 3.8) is 0 Å². The highest BCUT2D eigenvalue weighted by molar-refractivity contribution is 5.53. The van der Waals surface area contributed by atoms with E-state index in [0.29, 0.717) is 0 Å². The van der Waals surface area contributed by atoms with Crippen molar-refractivity contribution in [3.8, 4) is 0 Å². The molecular weight excluding hydrogens is 244 g/mol. The molecule has 2 N–H and O–H groups in total. The third-order valence-corrected chi connectivity index (χ3v) is 3.59. The number of fused-ring (bicyclic) bond motifs is 1. The zero-order valence-corrected chi connectivity index (χ0v) is 12.2. The fourth-order valence-electron chi connectivity index (χ4n) is 2.14. The summed E-state index contributed by atoms with van der Waals surface area (Å²) in [7, 11) is 3.86. The van der Waals surface area contributed by atoms with Crippen LogP contribution in [0.1, 0.15) is 16.7 Å². The van der Waals surface area contributed by atoms with Gasteiger partial charge < -0.3 is 10.6 Å². The van der Waals surface area contributed by atoms with E-state index in [0.717, 1.165) is 11.3 Å². The molecule has 104 valence electrons. The van der Waals surface area contributed by atoms with Crippen LogP contribution in [-0.2, 0) is 12.8 Å². The van der Waals surface area contributed by atoms with Crippen LogP contribution < -0.4 is 10.6 Å². The largest absolute Gasteiger partial charge is 0.388 e. The van der Waals surface area contributed by atoms with Gasteiger partial charge in [0.2, 0.25) is 0 Å². The van der Waals surface area contributed by atoms with Gasteiger partial charge in [0, 0.05) is 25.5 Å². The Morgan fingerprint density at radius 2 is 1.45 bits per heavy atom. The highest BCUT2D eigenvalue weighted by atomic mass is 14.8. The summed E-state index contributed by atoms with van der Waals surface area (Å²) in [5.74, 6) is 0. The second kappa shape index (κ2) is 6.80. The molecule has 0 unspecified atom stereocenters. The lowest BCUT2D eigenvalue weighted by Gasteiger charge is -2.18. The maximum atomic E-state index is 3.67. The third kappa shape index (κ3) is 3.41. The maximum absolute atomic E-state index is 3.67. The minimum absolute atomic E-state index is 1.13. The van der Waals surface area contributed by atoms with E-state index in [1.165, 1.54) is 29.7 Å². The molecule has 0 saturated carbocycles. The topological polar surface area (TPSA) is 24.1 Å². The molecule has 1 aliphatic carbocycles. The summed E-state index contributed by atoms with van der Waals surface area (Å²) < 4.78 is 0. The molecular formula is C18H22N2. The van der Waals surface area contributed by atoms with E-state index in [-0.39, 0.29) is 0 Å². The van der Waals surface area contributed by atoms with Gasteiger partial charge in [0.1, 0.15) is 0 Å². The van der Waals surface area contributed by atoms with Gasteiger partial charge in [0.15, 0.2) is 0 Å². The predicted molar refractivity (Wildman–Crippen MR) is 89.5 cm³/mol. The Kier molecular flexibility index (Phi) is 4.83. The first kappa shape index (κ1) is 14.2. The van der Waals surface area contributed by atoms with Gasteiger partial charge in [-0.1, -0.05) is 30.9 Å². The van der Waals surface area contributed by atoms with E-state index >= 15 is 0 Å². The normalized spacial score (nSPS) is 11.3. The lowest BCUT2D eigenvalue weighted by atomic mass is 9.88. The lowest BCUT2D eigenvalue weighted by molar-refractivity contribution is 0.840. The van der Waals surface area contributed by atoms with Gasteiger partial charge in [0.25, 0.3) is 0 Å². The molecule has 1 aliphatic rings. The molecule has 0 amide bonds. The molecule has 0 bridgehead atoms. The number of hydrogen-bond donors (Lipinski definition) is 2. The van der Waals surface area contributed by atoms with Crippen molar-refractivity contribution in [3.05, 3.63) is 65.7 Å². The molecule has 0 spiro atoms. The molecule has 2 aromatic carbocycles. The van der Waals surface area contributed by atoms with Crippen molar-refractivity contribution in [2.24, 2.45) is 0 Å². The summed E-state index contributed by atoms with van der Waals surface area (Å²) in [5.41, 5.74) is 6.56. The van der Waals surface area contributed by atoms with Crippen LogP contribution in [0.2, 0.25) is 0 Å². The molecule has 20 heavy (non-hydrogen) atoms. The first-order chi connectivity index (χ1) is 9.76. The summed E-state index contributed by atoms with van der Waals surface area (Å²) >= 11 is 0. The highest BCUT2D eigenvalue weighted by Gasteiger charge is 2.11. The smallest absolute Gasteiger partial charge is 0.0340 e. The summed E-state index contributed by atoms with van der Waals surface area (Å²) in [5, 5.41) is 6.17. The minimum Gasteiger partial charge on any atom is -0.388 e. The van der Waals surface area contributed by atoms with Crippen molar-refractivity contribution < 1.29 is 0 Å². The van der Waals surface area contributed by atoms with Crippen LogP contribution in [0.3, 0.4) is 0 Å². The minimum atomic E-state index is 1.13. The molecule has 2 aromatic rings. The number of benzene rings is 2. The Morgan fingerprint density at radius 3 is 1.90 bits per heavy atom. The van der Waals surface area contributed by atoms with E-state index in [4.69, 9.17) is 0 Å². The number of nitrogens with one attached hydrogen (secondary N) is 2. The van der Waals surface area contributed by atoms with E-state index in [9.17, 15) is 0 Å². The fraction of sp³-hybridized carbons (Fsp3) is 0.222. The Morgan fingerprint density at radius 1 is 0.850 bits per heavy atom. The van der Waals surface area contributed by atoms with E-state index in [1.54, 1.807) is 0 Å². The van der Waals surface area contributed by atoms with Crippen LogP contribution in [0.25, 0.3) is 6.08 Å². The third-order valence-electron chi connectivity index (χ3n) is 3.59. The molecule has 2 nitrogen and oxygen atoms in total. The van der Waals surface area contributed by atoms with Crippen molar-refractivity contribution >= 4 is 17.5 Å². The van der Waals surface area contributed by atoms with Crippen LogP contribution >= 0.6 is 0 Å². The van der Waals surface area contributed by atoms with Gasteiger partial charge in [-0.2, -0.15) is 0 Å². The Balaban J connectivity index is 0.000000147. The van der Waals surface area contributed by atoms with Crippen LogP contribution in [0.4, 0.5) is 11.4 Å². The Bertz CT molecular complexity index is 570. The summed E-state index contributed by atoms with van der Waals surface area (Å²) in [6.45, 7) is 3.67. The first-order valence-corrected chi connectivity index (χ1v) is 6.96. The molecule has 0 radical (unpaired) electrons. The van der Waals surface area contributed by atoms with Gasteiger partial charge in [-0.25, -0.2) is 0 Å². The Hall–Kier alpha value is -2.22. The zero-order valence-electron chi connectivity index (χ0n) is 12.2. The predicted octanol–water partition coefficient (Wildman–Crippen LogP) is 4.20. The van der Waals surface area contributed by atoms with E-state index in [2.05, 4.69) is 35.4 Å². The zero-order chi connectivity index (χ0) is 14.4. The lowest BCUT2D eigenvalue weighted by Crippen LogP contribution is -2.07. The average molecular weight is 266 g/mol. The SMILES string of the molecule is C=Cc1ccc(NC)cc1.CNc1ccc2c(c1)CC2. The molecule has 0 saturated heterocycles. The average Bonchev–Trinajstić information content (AvgIpc) is 2.49. The molecule has 0 fully saturated rings. The standard InChI is InChI=1S/2C9H11N/c1-10-9-5-4-7-2-3-8(7)6-9;1-3-8-4-6-9(10-2)7-5-8/h4-6,10H,2-3H2,1H3;3-7,10H,1H2,2H3. The van der Waals surface area contributed by atoms with Crippen molar-refractivity contribution in [2.45, 2.75) is 12.8 Å². The van der Waals surface area contributed by atoms with Crippen LogP contribution in [0, 0.1) is 0 Å². The van der Waals surface area contributed by atoms with Gasteiger partial charge in [-0.05, 0) is 53.8 Å². The van der Waals surface area contributed by atoms with Crippen LogP contribution in [0.15, 0.2) is 49.0 Å². The summed E-state index contributed by atoms with van der Waals surface area (Å²) in [6, 6.07) is 14.7. The molecule has 0 heterocycles. The first-order valence-electron chi connectivity index (χ1n) is 6.96. The van der Waals surface area contributed by atoms with Crippen molar-refractivity contribution in [1.29, 1.82) is 0 Å². The van der Waals surface area contributed by atoms with Crippen LogP contribution in [0.5, 0.6) is 0 Å². The number of aryl methyl sites for hydroxylation is 2.